The first-order chi connectivity index (χ1) is 8.61. The van der Waals surface area contributed by atoms with Gasteiger partial charge in [0.15, 0.2) is 0 Å². The maximum Gasteiger partial charge on any atom is 0.272 e. The molecule has 18 heavy (non-hydrogen) atoms. The van der Waals surface area contributed by atoms with Gasteiger partial charge in [0.2, 0.25) is 0 Å². The lowest BCUT2D eigenvalue weighted by Crippen LogP contribution is -2.24. The number of hydrogen-bond donors (Lipinski definition) is 1. The fourth-order valence-electron chi connectivity index (χ4n) is 1.55. The zero-order valence-electron chi connectivity index (χ0n) is 10.2. The molecule has 0 bridgehead atoms. The van der Waals surface area contributed by atoms with Gasteiger partial charge in [-0.25, -0.2) is 0 Å². The minimum Gasteiger partial charge on any atom is -0.345 e. The van der Waals surface area contributed by atoms with Crippen molar-refractivity contribution in [3.05, 3.63) is 34.9 Å². The summed E-state index contributed by atoms with van der Waals surface area (Å²) in [6, 6.07) is 1.68. The lowest BCUT2D eigenvalue weighted by molar-refractivity contribution is 0.0944. The maximum absolute atomic E-state index is 11.8. The summed E-state index contributed by atoms with van der Waals surface area (Å²) in [6.45, 7) is 3.03. The molecule has 6 nitrogen and oxygen atoms in total. The second kappa shape index (κ2) is 5.22. The van der Waals surface area contributed by atoms with Crippen molar-refractivity contribution in [2.45, 2.75) is 20.0 Å². The van der Waals surface area contributed by atoms with Gasteiger partial charge in [0.05, 0.1) is 23.5 Å². The predicted molar refractivity (Wildman–Crippen MR) is 67.3 cm³/mol. The third-order valence-electron chi connectivity index (χ3n) is 2.62. The highest BCUT2D eigenvalue weighted by Gasteiger charge is 2.11. The van der Waals surface area contributed by atoms with Crippen molar-refractivity contribution in [2.24, 2.45) is 7.05 Å². The molecule has 96 valence electrons. The summed E-state index contributed by atoms with van der Waals surface area (Å²) in [6.07, 6.45) is 3.32. The van der Waals surface area contributed by atoms with Gasteiger partial charge in [-0.3, -0.25) is 14.2 Å². The number of nitrogens with one attached hydrogen (secondary N) is 1. The zero-order valence-corrected chi connectivity index (χ0v) is 11.0. The molecule has 0 aromatic carbocycles. The Morgan fingerprint density at radius 2 is 2.33 bits per heavy atom. The van der Waals surface area contributed by atoms with E-state index in [-0.39, 0.29) is 5.91 Å². The van der Waals surface area contributed by atoms with Crippen LogP contribution in [0.25, 0.3) is 0 Å². The number of halogens is 1. The Kier molecular flexibility index (Phi) is 3.66. The number of hydrogen-bond acceptors (Lipinski definition) is 3. The van der Waals surface area contributed by atoms with Crippen molar-refractivity contribution < 1.29 is 4.79 Å². The highest BCUT2D eigenvalue weighted by molar-refractivity contribution is 6.31. The molecule has 2 heterocycles. The Bertz CT molecular complexity index is 540. The van der Waals surface area contributed by atoms with E-state index in [0.717, 1.165) is 12.2 Å². The van der Waals surface area contributed by atoms with Gasteiger partial charge in [-0.15, -0.1) is 0 Å². The van der Waals surface area contributed by atoms with Crippen LogP contribution in [0, 0.1) is 0 Å². The standard InChI is InChI=1S/C11H14ClN5O/c1-3-17-5-4-9(15-17)11(18)13-7-10-8(12)6-14-16(10)2/h4-6H,3,7H2,1-2H3,(H,13,18). The van der Waals surface area contributed by atoms with Gasteiger partial charge in [0.1, 0.15) is 5.69 Å². The van der Waals surface area contributed by atoms with Crippen molar-refractivity contribution in [3.63, 3.8) is 0 Å². The van der Waals surface area contributed by atoms with E-state index in [1.54, 1.807) is 34.9 Å². The van der Waals surface area contributed by atoms with E-state index < -0.39 is 0 Å². The molecular formula is C11H14ClN5O. The summed E-state index contributed by atoms with van der Waals surface area (Å²) in [5.41, 5.74) is 1.16. The first kappa shape index (κ1) is 12.6. The van der Waals surface area contributed by atoms with Crippen molar-refractivity contribution in [3.8, 4) is 0 Å². The van der Waals surface area contributed by atoms with Crippen molar-refractivity contribution in [1.82, 2.24) is 24.9 Å². The van der Waals surface area contributed by atoms with Crippen LogP contribution in [0.2, 0.25) is 5.02 Å². The second-order valence-electron chi connectivity index (χ2n) is 3.80. The number of amides is 1. The highest BCUT2D eigenvalue weighted by atomic mass is 35.5. The second-order valence-corrected chi connectivity index (χ2v) is 4.21. The van der Waals surface area contributed by atoms with E-state index in [1.165, 1.54) is 0 Å². The third kappa shape index (κ3) is 2.53. The van der Waals surface area contributed by atoms with E-state index in [0.29, 0.717) is 17.3 Å². The number of carbonyl (C=O) groups excluding carboxylic acids is 1. The van der Waals surface area contributed by atoms with Crippen LogP contribution in [0.5, 0.6) is 0 Å². The van der Waals surface area contributed by atoms with Gasteiger partial charge in [-0.1, -0.05) is 11.6 Å². The number of carbonyl (C=O) groups is 1. The highest BCUT2D eigenvalue weighted by Crippen LogP contribution is 2.13. The van der Waals surface area contributed by atoms with Crippen LogP contribution in [0.15, 0.2) is 18.5 Å². The molecule has 0 fully saturated rings. The molecule has 0 radical (unpaired) electrons. The molecule has 2 aromatic rings. The molecule has 0 aliphatic carbocycles. The van der Waals surface area contributed by atoms with Crippen LogP contribution < -0.4 is 5.32 Å². The van der Waals surface area contributed by atoms with Crippen LogP contribution in [-0.2, 0) is 20.1 Å². The Hall–Kier alpha value is -1.82. The molecule has 0 aliphatic heterocycles. The summed E-state index contributed by atoms with van der Waals surface area (Å²) in [4.78, 5) is 11.8. The van der Waals surface area contributed by atoms with Gasteiger partial charge >= 0.3 is 0 Å². The Morgan fingerprint density at radius 1 is 1.56 bits per heavy atom. The minimum absolute atomic E-state index is 0.223. The molecule has 0 spiro atoms. The van der Waals surface area contributed by atoms with Crippen LogP contribution in [-0.4, -0.2) is 25.5 Å². The SMILES string of the molecule is CCn1ccc(C(=O)NCc2c(Cl)cnn2C)n1. The largest absolute Gasteiger partial charge is 0.345 e. The molecule has 0 unspecified atom stereocenters. The van der Waals surface area contributed by atoms with Gasteiger partial charge in [-0.05, 0) is 13.0 Å². The van der Waals surface area contributed by atoms with E-state index >= 15 is 0 Å². The smallest absolute Gasteiger partial charge is 0.272 e. The summed E-state index contributed by atoms with van der Waals surface area (Å²) < 4.78 is 3.33. The van der Waals surface area contributed by atoms with Crippen LogP contribution in [0.4, 0.5) is 0 Å². The molecule has 0 saturated carbocycles. The van der Waals surface area contributed by atoms with Crippen molar-refractivity contribution >= 4 is 17.5 Å². The molecule has 2 aromatic heterocycles. The summed E-state index contributed by atoms with van der Waals surface area (Å²) in [7, 11) is 1.78. The summed E-state index contributed by atoms with van der Waals surface area (Å²) in [5, 5.41) is 11.4. The number of aryl methyl sites for hydroxylation is 2. The quantitative estimate of drug-likeness (QED) is 0.906. The van der Waals surface area contributed by atoms with Gasteiger partial charge < -0.3 is 5.32 Å². The van der Waals surface area contributed by atoms with E-state index in [2.05, 4.69) is 15.5 Å². The van der Waals surface area contributed by atoms with Gasteiger partial charge in [0.25, 0.3) is 5.91 Å². The first-order valence-corrected chi connectivity index (χ1v) is 5.97. The minimum atomic E-state index is -0.223. The fraction of sp³-hybridized carbons (Fsp3) is 0.364. The lowest BCUT2D eigenvalue weighted by Gasteiger charge is -2.04. The molecule has 1 amide bonds. The average molecular weight is 268 g/mol. The molecular weight excluding hydrogens is 254 g/mol. The molecule has 1 N–H and O–H groups in total. The topological polar surface area (TPSA) is 64.7 Å². The van der Waals surface area contributed by atoms with Gasteiger partial charge in [0, 0.05) is 19.8 Å². The third-order valence-corrected chi connectivity index (χ3v) is 2.94. The zero-order chi connectivity index (χ0) is 13.1. The number of aromatic nitrogens is 4. The van der Waals surface area contributed by atoms with E-state index in [1.807, 2.05) is 6.92 Å². The van der Waals surface area contributed by atoms with Gasteiger partial charge in [-0.2, -0.15) is 10.2 Å². The average Bonchev–Trinajstić information content (AvgIpc) is 2.95. The van der Waals surface area contributed by atoms with E-state index in [9.17, 15) is 4.79 Å². The fourth-order valence-corrected chi connectivity index (χ4v) is 1.78. The molecule has 7 heteroatoms. The van der Waals surface area contributed by atoms with Crippen molar-refractivity contribution in [2.75, 3.05) is 0 Å². The Labute approximate surface area is 110 Å². The first-order valence-electron chi connectivity index (χ1n) is 5.60. The van der Waals surface area contributed by atoms with E-state index in [4.69, 9.17) is 11.6 Å². The van der Waals surface area contributed by atoms with Crippen LogP contribution in [0.1, 0.15) is 23.1 Å². The normalized spacial score (nSPS) is 10.6. The van der Waals surface area contributed by atoms with Crippen LogP contribution >= 0.6 is 11.6 Å². The molecule has 0 aliphatic rings. The van der Waals surface area contributed by atoms with Crippen molar-refractivity contribution in [1.29, 1.82) is 0 Å². The lowest BCUT2D eigenvalue weighted by atomic mass is 10.3. The molecule has 0 atom stereocenters. The number of rotatable bonds is 4. The Balaban J connectivity index is 2.00. The van der Waals surface area contributed by atoms with Crippen LogP contribution in [0.3, 0.4) is 0 Å². The summed E-state index contributed by atoms with van der Waals surface area (Å²) in [5.74, 6) is -0.223. The summed E-state index contributed by atoms with van der Waals surface area (Å²) >= 11 is 5.95. The monoisotopic (exact) mass is 267 g/mol. The molecule has 0 saturated heterocycles. The predicted octanol–water partition coefficient (Wildman–Crippen LogP) is 1.22. The maximum atomic E-state index is 11.8. The Morgan fingerprint density at radius 3 is 2.89 bits per heavy atom. The number of nitrogens with zero attached hydrogens (tertiary/aromatic N) is 4. The molecule has 2 rings (SSSR count).